The molecule has 6 heteroatoms. The summed E-state index contributed by atoms with van der Waals surface area (Å²) in [6.45, 7) is 14.8. The van der Waals surface area contributed by atoms with Crippen molar-refractivity contribution in [2.45, 2.75) is 44.9 Å². The third-order valence-electron chi connectivity index (χ3n) is 7.40. The van der Waals surface area contributed by atoms with Crippen molar-refractivity contribution in [3.8, 4) is 6.07 Å². The lowest BCUT2D eigenvalue weighted by Gasteiger charge is -2.35. The summed E-state index contributed by atoms with van der Waals surface area (Å²) in [5.41, 5.74) is 7.10. The molecule has 0 spiro atoms. The highest BCUT2D eigenvalue weighted by Gasteiger charge is 2.25. The van der Waals surface area contributed by atoms with Gasteiger partial charge in [0.25, 0.3) is 0 Å². The van der Waals surface area contributed by atoms with Crippen LogP contribution in [0, 0.1) is 11.3 Å². The van der Waals surface area contributed by atoms with Crippen LogP contribution in [-0.4, -0.2) is 53.0 Å². The summed E-state index contributed by atoms with van der Waals surface area (Å²) in [7, 11) is 2.18. The number of aromatic nitrogens is 2. The van der Waals surface area contributed by atoms with Crippen molar-refractivity contribution in [2.75, 3.05) is 33.2 Å². The molecule has 192 valence electrons. The number of benzene rings is 1. The lowest BCUT2D eigenvalue weighted by Crippen LogP contribution is -2.43. The van der Waals surface area contributed by atoms with Crippen LogP contribution < -0.4 is 0 Å². The smallest absolute Gasteiger partial charge is 0.140 e. The number of nitriles is 1. The van der Waals surface area contributed by atoms with Gasteiger partial charge < -0.3 is 9.80 Å². The first-order valence-electron chi connectivity index (χ1n) is 13.1. The molecule has 3 aromatic rings. The number of fused-ring (bicyclic) bond motifs is 2. The molecular formula is C31H36ClN5. The molecule has 1 aliphatic carbocycles. The predicted octanol–water partition coefficient (Wildman–Crippen LogP) is 6.62. The molecule has 5 rings (SSSR count). The first-order valence-corrected chi connectivity index (χ1v) is 13.5. The number of hydrogen-bond acceptors (Lipinski definition) is 5. The monoisotopic (exact) mass is 513 g/mol. The predicted molar refractivity (Wildman–Crippen MR) is 154 cm³/mol. The Morgan fingerprint density at radius 3 is 2.70 bits per heavy atom. The number of rotatable bonds is 5. The highest BCUT2D eigenvalue weighted by molar-refractivity contribution is 6.36. The van der Waals surface area contributed by atoms with Gasteiger partial charge in [0.2, 0.25) is 0 Å². The van der Waals surface area contributed by atoms with Gasteiger partial charge in [-0.1, -0.05) is 56.3 Å². The van der Waals surface area contributed by atoms with E-state index in [0.29, 0.717) is 11.6 Å². The summed E-state index contributed by atoms with van der Waals surface area (Å²) in [6.07, 6.45) is 8.63. The zero-order valence-electron chi connectivity index (χ0n) is 22.0. The van der Waals surface area contributed by atoms with Crippen LogP contribution in [0.2, 0.25) is 5.02 Å². The topological polar surface area (TPSA) is 56.1 Å². The van der Waals surface area contributed by atoms with E-state index in [2.05, 4.69) is 48.0 Å². The number of allylic oxidation sites excluding steroid dienone is 1. The minimum Gasteiger partial charge on any atom is -0.373 e. The fourth-order valence-corrected chi connectivity index (χ4v) is 5.51. The highest BCUT2D eigenvalue weighted by atomic mass is 35.5. The van der Waals surface area contributed by atoms with E-state index >= 15 is 0 Å². The minimum absolute atomic E-state index is 0.339. The summed E-state index contributed by atoms with van der Waals surface area (Å²) >= 11 is 6.68. The average Bonchev–Trinajstić information content (AvgIpc) is 2.93. The number of halogens is 1. The van der Waals surface area contributed by atoms with Gasteiger partial charge in [0.05, 0.1) is 10.5 Å². The van der Waals surface area contributed by atoms with Crippen molar-refractivity contribution in [3.05, 3.63) is 88.5 Å². The molecule has 1 aliphatic heterocycles. The number of hydrogen-bond donors (Lipinski definition) is 0. The molecule has 0 bridgehead atoms. The van der Waals surface area contributed by atoms with E-state index in [9.17, 15) is 0 Å². The van der Waals surface area contributed by atoms with Crippen LogP contribution in [0.25, 0.3) is 17.0 Å². The molecule has 1 unspecified atom stereocenters. The number of likely N-dealkylation sites (N-methyl/N-ethyl adjacent to an activating group) is 1. The van der Waals surface area contributed by atoms with Crippen molar-refractivity contribution < 1.29 is 0 Å². The number of nitrogens with zero attached hydrogens (tertiary/aromatic N) is 5. The Kier molecular flexibility index (Phi) is 8.97. The number of piperazine rings is 1. The van der Waals surface area contributed by atoms with E-state index in [1.54, 1.807) is 6.20 Å². The zero-order chi connectivity index (χ0) is 26.4. The summed E-state index contributed by atoms with van der Waals surface area (Å²) < 4.78 is 0. The van der Waals surface area contributed by atoms with Crippen molar-refractivity contribution in [3.63, 3.8) is 0 Å². The highest BCUT2D eigenvalue weighted by Crippen LogP contribution is 2.38. The molecule has 0 amide bonds. The standard InChI is InChI=1S/C21H16ClN3.C10H20N2/c1-2-13-3-5-17-19(9-13)25-20-11-14(4-6-18(20)21(17)22)15-7-8-24-16(10-15)12-23;1-4-5-10(2)12-8-6-11(3)7-9-12/h2-3,5,7-10,14H,1,4,6,11H2;2,4-9H2,1,3H3. The van der Waals surface area contributed by atoms with E-state index in [-0.39, 0.29) is 0 Å². The molecule has 2 aromatic heterocycles. The molecule has 3 heterocycles. The van der Waals surface area contributed by atoms with Crippen LogP contribution in [0.3, 0.4) is 0 Å². The first-order chi connectivity index (χ1) is 17.9. The molecule has 1 aromatic carbocycles. The maximum Gasteiger partial charge on any atom is 0.140 e. The summed E-state index contributed by atoms with van der Waals surface area (Å²) in [6, 6.07) is 12.1. The van der Waals surface area contributed by atoms with E-state index in [1.807, 2.05) is 36.4 Å². The maximum atomic E-state index is 9.07. The minimum atomic E-state index is 0.339. The van der Waals surface area contributed by atoms with Gasteiger partial charge in [-0.25, -0.2) is 4.98 Å². The van der Waals surface area contributed by atoms with Crippen LogP contribution >= 0.6 is 11.6 Å². The maximum absolute atomic E-state index is 9.07. The molecule has 0 saturated carbocycles. The SMILES string of the molecule is C=C(CCC)N1CCN(C)CC1.C=Cc1ccc2c(Cl)c3c(nc2c1)CC(c1ccnc(C#N)c1)CC3. The van der Waals surface area contributed by atoms with Crippen LogP contribution in [0.4, 0.5) is 0 Å². The van der Waals surface area contributed by atoms with Gasteiger partial charge in [0.15, 0.2) is 0 Å². The van der Waals surface area contributed by atoms with Gasteiger partial charge in [-0.3, -0.25) is 4.98 Å². The second-order valence-corrected chi connectivity index (χ2v) is 10.3. The molecule has 0 radical (unpaired) electrons. The Morgan fingerprint density at radius 1 is 1.22 bits per heavy atom. The summed E-state index contributed by atoms with van der Waals surface area (Å²) in [5, 5.41) is 10.9. The lowest BCUT2D eigenvalue weighted by atomic mass is 9.82. The Hall–Kier alpha value is -3.20. The molecule has 5 nitrogen and oxygen atoms in total. The summed E-state index contributed by atoms with van der Waals surface area (Å²) in [4.78, 5) is 13.7. The third-order valence-corrected chi connectivity index (χ3v) is 7.84. The first kappa shape index (κ1) is 26.9. The third kappa shape index (κ3) is 6.39. The van der Waals surface area contributed by atoms with Gasteiger partial charge in [-0.15, -0.1) is 0 Å². The summed E-state index contributed by atoms with van der Waals surface area (Å²) in [5.74, 6) is 0.339. The Morgan fingerprint density at radius 2 is 2.00 bits per heavy atom. The van der Waals surface area contributed by atoms with Crippen LogP contribution in [-0.2, 0) is 12.8 Å². The fourth-order valence-electron chi connectivity index (χ4n) is 5.15. The zero-order valence-corrected chi connectivity index (χ0v) is 22.8. The second kappa shape index (κ2) is 12.4. The Bertz CT molecular complexity index is 1320. The molecule has 1 fully saturated rings. The van der Waals surface area contributed by atoms with E-state index < -0.39 is 0 Å². The van der Waals surface area contributed by atoms with E-state index in [1.165, 1.54) is 25.2 Å². The van der Waals surface area contributed by atoms with Crippen molar-refractivity contribution in [2.24, 2.45) is 0 Å². The van der Waals surface area contributed by atoms with E-state index in [0.717, 1.165) is 77.1 Å². The van der Waals surface area contributed by atoms with Crippen molar-refractivity contribution >= 4 is 28.6 Å². The van der Waals surface area contributed by atoms with Gasteiger partial charge in [0, 0.05) is 49.2 Å². The molecular weight excluding hydrogens is 478 g/mol. The quantitative estimate of drug-likeness (QED) is 0.384. The molecule has 1 saturated heterocycles. The van der Waals surface area contributed by atoms with Gasteiger partial charge in [-0.2, -0.15) is 5.26 Å². The molecule has 37 heavy (non-hydrogen) atoms. The normalized spacial score (nSPS) is 17.4. The lowest BCUT2D eigenvalue weighted by molar-refractivity contribution is 0.183. The number of pyridine rings is 2. The van der Waals surface area contributed by atoms with Crippen molar-refractivity contribution in [1.82, 2.24) is 19.8 Å². The van der Waals surface area contributed by atoms with Crippen LogP contribution in [0.15, 0.2) is 55.4 Å². The fraction of sp³-hybridized carbons (Fsp3) is 0.387. The van der Waals surface area contributed by atoms with Gasteiger partial charge in [-0.05, 0) is 73.5 Å². The van der Waals surface area contributed by atoms with Crippen molar-refractivity contribution in [1.29, 1.82) is 5.26 Å². The average molecular weight is 514 g/mol. The molecule has 0 N–H and O–H groups in total. The second-order valence-electron chi connectivity index (χ2n) is 9.96. The Labute approximate surface area is 226 Å². The van der Waals surface area contributed by atoms with Crippen LogP contribution in [0.1, 0.15) is 60.2 Å². The Balaban J connectivity index is 0.000000225. The molecule has 1 atom stereocenters. The largest absolute Gasteiger partial charge is 0.373 e. The molecule has 2 aliphatic rings. The van der Waals surface area contributed by atoms with Crippen LogP contribution in [0.5, 0.6) is 0 Å². The van der Waals surface area contributed by atoms with Gasteiger partial charge in [0.1, 0.15) is 11.8 Å². The van der Waals surface area contributed by atoms with Gasteiger partial charge >= 0.3 is 0 Å². The van der Waals surface area contributed by atoms with E-state index in [4.69, 9.17) is 21.8 Å².